The van der Waals surface area contributed by atoms with Gasteiger partial charge in [-0.3, -0.25) is 14.5 Å². The second-order valence-electron chi connectivity index (χ2n) is 13.1. The summed E-state index contributed by atoms with van der Waals surface area (Å²) < 4.78 is 22.7. The van der Waals surface area contributed by atoms with Crippen LogP contribution >= 0.6 is 11.6 Å². The van der Waals surface area contributed by atoms with Crippen molar-refractivity contribution < 1.29 is 18.5 Å². The van der Waals surface area contributed by atoms with Crippen LogP contribution in [0.4, 0.5) is 16.6 Å². The number of halogens is 1. The smallest absolute Gasteiger partial charge is 0.322 e. The molecule has 0 spiro atoms. The van der Waals surface area contributed by atoms with Crippen LogP contribution < -0.4 is 15.5 Å². The molecule has 4 aromatic rings. The van der Waals surface area contributed by atoms with Crippen molar-refractivity contribution in [3.63, 3.8) is 0 Å². The Labute approximate surface area is 306 Å². The van der Waals surface area contributed by atoms with Crippen LogP contribution in [0, 0.1) is 0 Å². The first kappa shape index (κ1) is 36.8. The van der Waals surface area contributed by atoms with Crippen LogP contribution in [0.3, 0.4) is 0 Å². The summed E-state index contributed by atoms with van der Waals surface area (Å²) in [5.41, 5.74) is 4.05. The van der Waals surface area contributed by atoms with Crippen LogP contribution in [0.5, 0.6) is 0 Å². The van der Waals surface area contributed by atoms with Gasteiger partial charge in [0.25, 0.3) is 0 Å². The number of piperidine rings is 2. The summed E-state index contributed by atoms with van der Waals surface area (Å²) >= 11 is 6.18. The van der Waals surface area contributed by atoms with Crippen LogP contribution in [-0.2, 0) is 40.7 Å². The summed E-state index contributed by atoms with van der Waals surface area (Å²) in [4.78, 5) is 37.3. The van der Waals surface area contributed by atoms with Gasteiger partial charge < -0.3 is 20.2 Å². The number of hydrogen-bond donors (Lipinski definition) is 2. The maximum Gasteiger partial charge on any atom is 0.322 e. The Morgan fingerprint density at radius 3 is 2.63 bits per heavy atom. The highest BCUT2D eigenvalue weighted by Gasteiger charge is 2.27. The molecule has 0 saturated carbocycles. The molecule has 2 aromatic carbocycles. The summed E-state index contributed by atoms with van der Waals surface area (Å²) in [6.45, 7) is 4.75. The average Bonchev–Trinajstić information content (AvgIpc) is 3.48. The number of carbonyl (C=O) groups excluding carboxylic acids is 2. The van der Waals surface area contributed by atoms with Crippen molar-refractivity contribution in [2.24, 2.45) is 7.05 Å². The van der Waals surface area contributed by atoms with Crippen molar-refractivity contribution in [1.29, 1.82) is 0 Å². The molecule has 2 N–H and O–H groups in total. The number of hydrogen-bond acceptors (Lipinski definition) is 9. The standard InChI is InChI=1S/C36H46ClN9O4S/c1-38-36(48)46(14-5-19-47)34-30-9-8-27(21-33(30)43(2)42-34)26-10-15-44(16-11-26)23-25-6-4-7-29(20-25)51(49)45-17-12-28(13-18-45)40-35-39-22-31(37)32(41-35)24-50-3/h4,6-9,19-22,26,28H,5,10-18,23-24H2,1-3H3,(H,38,48)(H,39,40,41). The number of amides is 2. The molecule has 2 aliphatic rings. The third-order valence-electron chi connectivity index (χ3n) is 9.73. The molecular weight excluding hydrogens is 690 g/mol. The quantitative estimate of drug-likeness (QED) is 0.184. The van der Waals surface area contributed by atoms with Gasteiger partial charge in [0.15, 0.2) is 5.82 Å². The third kappa shape index (κ3) is 8.75. The summed E-state index contributed by atoms with van der Waals surface area (Å²) in [5, 5.41) is 12.1. The van der Waals surface area contributed by atoms with Crippen molar-refractivity contribution >= 4 is 57.6 Å². The third-order valence-corrected chi connectivity index (χ3v) is 11.5. The molecule has 0 radical (unpaired) electrons. The first-order valence-electron chi connectivity index (χ1n) is 17.4. The molecule has 4 heterocycles. The summed E-state index contributed by atoms with van der Waals surface area (Å²) in [7, 11) is 3.83. The second-order valence-corrected chi connectivity index (χ2v) is 15.0. The average molecular weight is 736 g/mol. The van der Waals surface area contributed by atoms with Gasteiger partial charge in [0.1, 0.15) is 17.3 Å². The lowest BCUT2D eigenvalue weighted by Crippen LogP contribution is -2.40. The van der Waals surface area contributed by atoms with Crippen molar-refractivity contribution in [1.82, 2.24) is 34.3 Å². The normalized spacial score (nSPS) is 17.0. The molecule has 2 aliphatic heterocycles. The lowest BCUT2D eigenvalue weighted by molar-refractivity contribution is -0.107. The number of benzene rings is 2. The summed E-state index contributed by atoms with van der Waals surface area (Å²) in [6, 6.07) is 14.5. The molecule has 2 saturated heterocycles. The monoisotopic (exact) mass is 735 g/mol. The van der Waals surface area contributed by atoms with E-state index in [1.54, 1.807) is 20.4 Å². The predicted molar refractivity (Wildman–Crippen MR) is 199 cm³/mol. The number of ether oxygens (including phenoxy) is 1. The van der Waals surface area contributed by atoms with E-state index in [0.717, 1.165) is 67.4 Å². The van der Waals surface area contributed by atoms with E-state index in [-0.39, 0.29) is 25.0 Å². The molecule has 272 valence electrons. The Kier molecular flexibility index (Phi) is 12.3. The maximum absolute atomic E-state index is 13.6. The minimum Gasteiger partial charge on any atom is -0.378 e. The largest absolute Gasteiger partial charge is 0.378 e. The van der Waals surface area contributed by atoms with Crippen LogP contribution in [0.25, 0.3) is 10.9 Å². The topological polar surface area (TPSA) is 138 Å². The molecule has 2 aromatic heterocycles. The van der Waals surface area contributed by atoms with Gasteiger partial charge >= 0.3 is 6.03 Å². The van der Waals surface area contributed by atoms with Gasteiger partial charge in [-0.05, 0) is 80.1 Å². The van der Waals surface area contributed by atoms with Gasteiger partial charge in [0.2, 0.25) is 5.95 Å². The van der Waals surface area contributed by atoms with Crippen LogP contribution in [-0.4, -0.2) is 98.4 Å². The maximum atomic E-state index is 13.6. The zero-order chi connectivity index (χ0) is 35.9. The number of aromatic nitrogens is 4. The van der Waals surface area contributed by atoms with E-state index in [2.05, 4.69) is 54.9 Å². The Morgan fingerprint density at radius 2 is 1.90 bits per heavy atom. The fourth-order valence-corrected chi connectivity index (χ4v) is 8.40. The van der Waals surface area contributed by atoms with Crippen LogP contribution in [0.15, 0.2) is 53.6 Å². The van der Waals surface area contributed by atoms with Crippen LogP contribution in [0.1, 0.15) is 54.8 Å². The molecule has 13 nitrogen and oxygen atoms in total. The number of aryl methyl sites for hydroxylation is 1. The number of likely N-dealkylation sites (tertiary alicyclic amines) is 1. The Hall–Kier alpha value is -3.95. The van der Waals surface area contributed by atoms with E-state index in [0.29, 0.717) is 48.1 Å². The van der Waals surface area contributed by atoms with Gasteiger partial charge in [-0.1, -0.05) is 29.8 Å². The molecule has 0 bridgehead atoms. The Bertz CT molecular complexity index is 1860. The Balaban J connectivity index is 1.02. The highest BCUT2D eigenvalue weighted by Crippen LogP contribution is 2.34. The molecular formula is C36H46ClN9O4S. The highest BCUT2D eigenvalue weighted by atomic mass is 35.5. The predicted octanol–water partition coefficient (Wildman–Crippen LogP) is 4.88. The minimum atomic E-state index is -1.23. The summed E-state index contributed by atoms with van der Waals surface area (Å²) in [5.74, 6) is 1.51. The molecule has 2 fully saturated rings. The van der Waals surface area contributed by atoms with Crippen molar-refractivity contribution in [2.45, 2.75) is 62.1 Å². The number of rotatable bonds is 13. The highest BCUT2D eigenvalue weighted by molar-refractivity contribution is 7.82. The lowest BCUT2D eigenvalue weighted by atomic mass is 9.89. The lowest BCUT2D eigenvalue weighted by Gasteiger charge is -2.33. The van der Waals surface area contributed by atoms with Crippen molar-refractivity contribution in [2.75, 3.05) is 57.1 Å². The van der Waals surface area contributed by atoms with Gasteiger partial charge in [0, 0.05) is 65.2 Å². The zero-order valence-electron chi connectivity index (χ0n) is 29.4. The van der Waals surface area contributed by atoms with Gasteiger partial charge in [-0.15, -0.1) is 0 Å². The first-order valence-corrected chi connectivity index (χ1v) is 18.9. The number of carbonyl (C=O) groups is 2. The van der Waals surface area contributed by atoms with E-state index < -0.39 is 11.0 Å². The molecule has 15 heteroatoms. The van der Waals surface area contributed by atoms with E-state index in [9.17, 15) is 13.8 Å². The van der Waals surface area contributed by atoms with E-state index in [1.165, 1.54) is 16.0 Å². The van der Waals surface area contributed by atoms with E-state index in [4.69, 9.17) is 16.3 Å². The Morgan fingerprint density at radius 1 is 1.12 bits per heavy atom. The van der Waals surface area contributed by atoms with E-state index in [1.807, 2.05) is 34.2 Å². The van der Waals surface area contributed by atoms with Crippen molar-refractivity contribution in [3.8, 4) is 0 Å². The number of urea groups is 1. The second kappa shape index (κ2) is 17.0. The molecule has 1 atom stereocenters. The summed E-state index contributed by atoms with van der Waals surface area (Å²) in [6.07, 6.45) is 6.36. The number of nitrogens with zero attached hydrogens (tertiary/aromatic N) is 7. The zero-order valence-corrected chi connectivity index (χ0v) is 31.0. The van der Waals surface area contributed by atoms with Crippen LogP contribution in [0.2, 0.25) is 5.02 Å². The number of fused-ring (bicyclic) bond motifs is 1. The number of anilines is 2. The molecule has 2 amide bonds. The molecule has 1 unspecified atom stereocenters. The SMILES string of the molecule is CNC(=O)N(CCC=O)c1nn(C)c2cc(C3CCN(Cc4cccc(S(=O)N5CCC(Nc6ncc(Cl)c(COC)n6)CC5)c4)CC3)ccc12. The van der Waals surface area contributed by atoms with E-state index >= 15 is 0 Å². The first-order chi connectivity index (χ1) is 24.8. The fourth-order valence-electron chi connectivity index (χ4n) is 6.97. The number of methoxy groups -OCH3 is 1. The number of aldehydes is 1. The molecule has 51 heavy (non-hydrogen) atoms. The number of nitrogens with one attached hydrogen (secondary N) is 2. The minimum absolute atomic E-state index is 0.186. The molecule has 0 aliphatic carbocycles. The van der Waals surface area contributed by atoms with Gasteiger partial charge in [0.05, 0.1) is 33.9 Å². The molecule has 6 rings (SSSR count). The van der Waals surface area contributed by atoms with Gasteiger partial charge in [-0.25, -0.2) is 23.3 Å². The van der Waals surface area contributed by atoms with Gasteiger partial charge in [-0.2, -0.15) is 5.10 Å². The van der Waals surface area contributed by atoms with Crippen molar-refractivity contribution in [3.05, 3.63) is 70.5 Å². The fraction of sp³-hybridized carbons (Fsp3) is 0.472.